The van der Waals surface area contributed by atoms with Gasteiger partial charge in [0.05, 0.1) is 43.5 Å². The van der Waals surface area contributed by atoms with Crippen molar-refractivity contribution in [3.8, 4) is 0 Å². The molecule has 0 spiro atoms. The normalized spacial score (nSPS) is 20.3. The smallest absolute Gasteiger partial charge is 0.379 e. The molecule has 198 valence electrons. The van der Waals surface area contributed by atoms with Crippen LogP contribution in [0.15, 0.2) is 53.7 Å². The van der Waals surface area contributed by atoms with E-state index in [9.17, 15) is 22.4 Å². The summed E-state index contributed by atoms with van der Waals surface area (Å²) in [5.41, 5.74) is 5.88. The molecule has 2 aliphatic rings. The van der Waals surface area contributed by atoms with Gasteiger partial charge in [0, 0.05) is 31.7 Å². The third-order valence-corrected chi connectivity index (χ3v) is 5.93. The highest BCUT2D eigenvalue weighted by molar-refractivity contribution is 5.94. The molecule has 0 aromatic heterocycles. The molecule has 1 fully saturated rings. The SMILES string of the molecule is NC1(OCc2cccc(F)c2C(F)(F)F)C=NC=C(c2ccc(C(=O)NCCN3CCOCC3)cc2)N1. The van der Waals surface area contributed by atoms with Crippen molar-refractivity contribution in [1.29, 1.82) is 0 Å². The van der Waals surface area contributed by atoms with E-state index in [-0.39, 0.29) is 5.91 Å². The highest BCUT2D eigenvalue weighted by Gasteiger charge is 2.37. The monoisotopic (exact) mass is 521 g/mol. The first-order valence-corrected chi connectivity index (χ1v) is 11.6. The highest BCUT2D eigenvalue weighted by Crippen LogP contribution is 2.34. The first-order valence-electron chi connectivity index (χ1n) is 11.6. The molecule has 1 unspecified atom stereocenters. The predicted molar refractivity (Wildman–Crippen MR) is 129 cm³/mol. The number of hydrogen-bond acceptors (Lipinski definition) is 7. The third kappa shape index (κ3) is 6.92. The molecule has 2 heterocycles. The minimum absolute atomic E-state index is 0.213. The summed E-state index contributed by atoms with van der Waals surface area (Å²) < 4.78 is 64.5. The van der Waals surface area contributed by atoms with Crippen molar-refractivity contribution >= 4 is 17.8 Å². The highest BCUT2D eigenvalue weighted by atomic mass is 19.4. The van der Waals surface area contributed by atoms with E-state index in [1.165, 1.54) is 18.5 Å². The fraction of sp³-hybridized carbons (Fsp3) is 0.360. The number of carbonyl (C=O) groups is 1. The van der Waals surface area contributed by atoms with Crippen molar-refractivity contribution < 1.29 is 31.8 Å². The molecule has 1 atom stereocenters. The van der Waals surface area contributed by atoms with Crippen LogP contribution in [0.2, 0.25) is 0 Å². The summed E-state index contributed by atoms with van der Waals surface area (Å²) in [5.74, 6) is -3.35. The lowest BCUT2D eigenvalue weighted by Crippen LogP contribution is -2.57. The summed E-state index contributed by atoms with van der Waals surface area (Å²) in [6.45, 7) is 3.70. The zero-order valence-electron chi connectivity index (χ0n) is 19.9. The Hall–Kier alpha value is -3.32. The molecule has 2 aliphatic heterocycles. The summed E-state index contributed by atoms with van der Waals surface area (Å²) in [7, 11) is 0. The quantitative estimate of drug-likeness (QED) is 0.365. The first-order chi connectivity index (χ1) is 17.6. The van der Waals surface area contributed by atoms with E-state index in [0.29, 0.717) is 36.6 Å². The van der Waals surface area contributed by atoms with Crippen LogP contribution >= 0.6 is 0 Å². The number of rotatable bonds is 8. The van der Waals surface area contributed by atoms with Crippen LogP contribution in [0.3, 0.4) is 0 Å². The lowest BCUT2D eigenvalue weighted by molar-refractivity contribution is -0.142. The number of nitrogens with two attached hydrogens (primary N) is 1. The van der Waals surface area contributed by atoms with Gasteiger partial charge >= 0.3 is 6.18 Å². The molecule has 1 amide bonds. The van der Waals surface area contributed by atoms with Gasteiger partial charge in [-0.1, -0.05) is 24.3 Å². The number of ether oxygens (including phenoxy) is 2. The maximum absolute atomic E-state index is 13.8. The van der Waals surface area contributed by atoms with E-state index in [4.69, 9.17) is 15.2 Å². The Labute approximate surface area is 211 Å². The summed E-state index contributed by atoms with van der Waals surface area (Å²) in [6, 6.07) is 9.68. The second-order valence-corrected chi connectivity index (χ2v) is 8.59. The summed E-state index contributed by atoms with van der Waals surface area (Å²) in [5, 5.41) is 5.77. The van der Waals surface area contributed by atoms with Gasteiger partial charge < -0.3 is 20.1 Å². The minimum Gasteiger partial charge on any atom is -0.379 e. The Kier molecular flexibility index (Phi) is 8.22. The van der Waals surface area contributed by atoms with Gasteiger partial charge in [-0.3, -0.25) is 20.4 Å². The van der Waals surface area contributed by atoms with Crippen LogP contribution in [0.4, 0.5) is 17.6 Å². The van der Waals surface area contributed by atoms with Crippen LogP contribution < -0.4 is 16.4 Å². The Morgan fingerprint density at radius 3 is 2.62 bits per heavy atom. The van der Waals surface area contributed by atoms with Crippen LogP contribution in [0.5, 0.6) is 0 Å². The molecular formula is C25H27F4N5O3. The summed E-state index contributed by atoms with van der Waals surface area (Å²) in [4.78, 5) is 18.7. The summed E-state index contributed by atoms with van der Waals surface area (Å²) in [6.07, 6.45) is -2.23. The number of benzene rings is 2. The van der Waals surface area contributed by atoms with Crippen LogP contribution in [0.25, 0.3) is 5.70 Å². The number of carbonyl (C=O) groups excluding carboxylic acids is 1. The van der Waals surface area contributed by atoms with Crippen molar-refractivity contribution in [3.63, 3.8) is 0 Å². The molecule has 2 aromatic carbocycles. The lowest BCUT2D eigenvalue weighted by Gasteiger charge is -2.31. The van der Waals surface area contributed by atoms with E-state index in [2.05, 4.69) is 20.5 Å². The molecule has 0 radical (unpaired) electrons. The largest absolute Gasteiger partial charge is 0.419 e. The maximum Gasteiger partial charge on any atom is 0.419 e. The molecule has 4 rings (SSSR count). The van der Waals surface area contributed by atoms with Crippen LogP contribution in [-0.4, -0.2) is 62.3 Å². The molecule has 12 heteroatoms. The van der Waals surface area contributed by atoms with Crippen LogP contribution in [0, 0.1) is 5.82 Å². The molecule has 0 aliphatic carbocycles. The first kappa shape index (κ1) is 26.7. The average Bonchev–Trinajstić information content (AvgIpc) is 2.87. The number of aliphatic imine (C=N–C) groups is 1. The van der Waals surface area contributed by atoms with E-state index in [0.717, 1.165) is 31.8 Å². The van der Waals surface area contributed by atoms with Gasteiger partial charge in [0.2, 0.25) is 5.85 Å². The van der Waals surface area contributed by atoms with Gasteiger partial charge in [-0.15, -0.1) is 0 Å². The second-order valence-electron chi connectivity index (χ2n) is 8.59. The van der Waals surface area contributed by atoms with Crippen molar-refractivity contribution in [2.24, 2.45) is 10.7 Å². The Morgan fingerprint density at radius 2 is 1.92 bits per heavy atom. The molecule has 8 nitrogen and oxygen atoms in total. The second kappa shape index (κ2) is 11.4. The molecular weight excluding hydrogens is 494 g/mol. The van der Waals surface area contributed by atoms with E-state index >= 15 is 0 Å². The van der Waals surface area contributed by atoms with Gasteiger partial charge in [-0.05, 0) is 29.3 Å². The third-order valence-electron chi connectivity index (χ3n) is 5.93. The van der Waals surface area contributed by atoms with E-state index < -0.39 is 35.6 Å². The Bertz CT molecular complexity index is 1160. The van der Waals surface area contributed by atoms with E-state index in [1.807, 2.05) is 0 Å². The minimum atomic E-state index is -4.89. The molecule has 0 saturated carbocycles. The number of alkyl halides is 3. The van der Waals surface area contributed by atoms with Crippen molar-refractivity contribution in [3.05, 3.63) is 76.7 Å². The Morgan fingerprint density at radius 1 is 1.19 bits per heavy atom. The average molecular weight is 522 g/mol. The maximum atomic E-state index is 13.8. The van der Waals surface area contributed by atoms with Crippen LogP contribution in [-0.2, 0) is 22.3 Å². The summed E-state index contributed by atoms with van der Waals surface area (Å²) >= 11 is 0. The zero-order chi connectivity index (χ0) is 26.5. The van der Waals surface area contributed by atoms with Crippen molar-refractivity contribution in [2.75, 3.05) is 39.4 Å². The molecule has 4 N–H and O–H groups in total. The predicted octanol–water partition coefficient (Wildman–Crippen LogP) is 2.71. The molecule has 2 aromatic rings. The molecule has 37 heavy (non-hydrogen) atoms. The Balaban J connectivity index is 1.34. The van der Waals surface area contributed by atoms with E-state index in [1.54, 1.807) is 24.3 Å². The van der Waals surface area contributed by atoms with Gasteiger partial charge in [-0.2, -0.15) is 13.2 Å². The molecule has 0 bridgehead atoms. The lowest BCUT2D eigenvalue weighted by atomic mass is 10.1. The van der Waals surface area contributed by atoms with Gasteiger partial charge in [0.1, 0.15) is 5.82 Å². The standard InChI is InChI=1S/C25H27F4N5O3/c26-20-3-1-2-19(22(20)25(27,28)29)15-37-24(30)16-31-14-21(33-24)17-4-6-18(7-5-17)23(35)32-8-9-34-10-12-36-13-11-34/h1-7,14,16,33H,8-13,15,30H2,(H,32,35). The number of nitrogens with one attached hydrogen (secondary N) is 2. The topological polar surface area (TPSA) is 101 Å². The van der Waals surface area contributed by atoms with Crippen molar-refractivity contribution in [2.45, 2.75) is 18.6 Å². The van der Waals surface area contributed by atoms with Crippen LogP contribution in [0.1, 0.15) is 27.0 Å². The number of morpholine rings is 1. The number of hydrogen-bond donors (Lipinski definition) is 3. The van der Waals surface area contributed by atoms with Gasteiger partial charge in [-0.25, -0.2) is 4.39 Å². The van der Waals surface area contributed by atoms with Gasteiger partial charge in [0.15, 0.2) is 0 Å². The number of amides is 1. The fourth-order valence-corrected chi connectivity index (χ4v) is 3.98. The molecule has 1 saturated heterocycles. The fourth-order valence-electron chi connectivity index (χ4n) is 3.98. The number of nitrogens with zero attached hydrogens (tertiary/aromatic N) is 2. The zero-order valence-corrected chi connectivity index (χ0v) is 19.9. The van der Waals surface area contributed by atoms with Gasteiger partial charge in [0.25, 0.3) is 5.91 Å². The number of halogens is 4. The van der Waals surface area contributed by atoms with Crippen molar-refractivity contribution in [1.82, 2.24) is 15.5 Å².